The molecule has 0 aliphatic rings. The Balaban J connectivity index is 1.55. The lowest BCUT2D eigenvalue weighted by atomic mass is 10.2. The molecule has 0 unspecified atom stereocenters. The fourth-order valence-electron chi connectivity index (χ4n) is 2.94. The quantitative estimate of drug-likeness (QED) is 0.478. The molecule has 0 aliphatic heterocycles. The van der Waals surface area contributed by atoms with Crippen LogP contribution in [0, 0.1) is 0 Å². The van der Waals surface area contributed by atoms with Crippen molar-refractivity contribution in [2.24, 2.45) is 0 Å². The van der Waals surface area contributed by atoms with E-state index in [1.807, 2.05) is 66.9 Å². The Morgan fingerprint density at radius 2 is 1.83 bits per heavy atom. The minimum Gasteiger partial charge on any atom is -0.494 e. The van der Waals surface area contributed by atoms with Gasteiger partial charge in [0.2, 0.25) is 0 Å². The summed E-state index contributed by atoms with van der Waals surface area (Å²) in [6.45, 7) is 4.59. The zero-order valence-corrected chi connectivity index (χ0v) is 16.5. The number of nitrogens with one attached hydrogen (secondary N) is 2. The monoisotopic (exact) mass is 392 g/mol. The van der Waals surface area contributed by atoms with Crippen LogP contribution in [0.4, 0.5) is 0 Å². The average Bonchev–Trinajstić information content (AvgIpc) is 3.09. The number of para-hydroxylation sites is 2. The van der Waals surface area contributed by atoms with Crippen LogP contribution in [0.5, 0.6) is 5.75 Å². The highest BCUT2D eigenvalue weighted by Crippen LogP contribution is 2.16. The molecule has 7 heteroatoms. The van der Waals surface area contributed by atoms with Gasteiger partial charge < -0.3 is 9.30 Å². The molecule has 0 radical (unpaired) electrons. The maximum atomic E-state index is 12.3. The first-order valence-electron chi connectivity index (χ1n) is 9.54. The number of nitrogens with zero attached hydrogens (tertiary/aromatic N) is 2. The molecule has 3 rings (SSSR count). The van der Waals surface area contributed by atoms with Gasteiger partial charge in [-0.1, -0.05) is 31.2 Å². The lowest BCUT2D eigenvalue weighted by Gasteiger charge is -2.09. The summed E-state index contributed by atoms with van der Waals surface area (Å²) in [5.41, 5.74) is 7.43. The molecule has 2 N–H and O–H groups in total. The molecule has 0 atom stereocenters. The Labute approximate surface area is 169 Å². The SMILES string of the molecule is CCOc1ccc(/C=C/C(=O)NNC(=O)Cn2c(CC)nc3ccccc32)cc1. The molecular formula is C22H24N4O3. The predicted octanol–water partition coefficient (Wildman–Crippen LogP) is 2.86. The van der Waals surface area contributed by atoms with Crippen LogP contribution in [0.1, 0.15) is 25.2 Å². The molecule has 1 heterocycles. The highest BCUT2D eigenvalue weighted by Gasteiger charge is 2.12. The summed E-state index contributed by atoms with van der Waals surface area (Å²) < 4.78 is 7.23. The van der Waals surface area contributed by atoms with E-state index in [9.17, 15) is 9.59 Å². The van der Waals surface area contributed by atoms with Gasteiger partial charge >= 0.3 is 0 Å². The lowest BCUT2D eigenvalue weighted by Crippen LogP contribution is -2.42. The fraction of sp³-hybridized carbons (Fsp3) is 0.227. The summed E-state index contributed by atoms with van der Waals surface area (Å²) in [5, 5.41) is 0. The summed E-state index contributed by atoms with van der Waals surface area (Å²) in [5.74, 6) is 0.854. The van der Waals surface area contributed by atoms with Gasteiger partial charge in [-0.25, -0.2) is 4.98 Å². The molecule has 1 aromatic heterocycles. The fourth-order valence-corrected chi connectivity index (χ4v) is 2.94. The lowest BCUT2D eigenvalue weighted by molar-refractivity contribution is -0.127. The van der Waals surface area contributed by atoms with Gasteiger partial charge in [0, 0.05) is 12.5 Å². The summed E-state index contributed by atoms with van der Waals surface area (Å²) >= 11 is 0. The molecular weight excluding hydrogens is 368 g/mol. The topological polar surface area (TPSA) is 85.3 Å². The van der Waals surface area contributed by atoms with Crippen LogP contribution in [0.25, 0.3) is 17.1 Å². The zero-order valence-electron chi connectivity index (χ0n) is 16.5. The third kappa shape index (κ3) is 5.22. The van der Waals surface area contributed by atoms with Crippen LogP contribution in [0.15, 0.2) is 54.6 Å². The molecule has 0 saturated heterocycles. The molecule has 0 aliphatic carbocycles. The normalized spacial score (nSPS) is 11.0. The van der Waals surface area contributed by atoms with Crippen molar-refractivity contribution in [1.29, 1.82) is 0 Å². The summed E-state index contributed by atoms with van der Waals surface area (Å²) in [4.78, 5) is 28.8. The van der Waals surface area contributed by atoms with E-state index in [-0.39, 0.29) is 12.5 Å². The Bertz CT molecular complexity index is 1020. The molecule has 7 nitrogen and oxygen atoms in total. The van der Waals surface area contributed by atoms with Gasteiger partial charge in [-0.15, -0.1) is 0 Å². The smallest absolute Gasteiger partial charge is 0.262 e. The summed E-state index contributed by atoms with van der Waals surface area (Å²) in [6, 6.07) is 15.0. The van der Waals surface area contributed by atoms with Crippen molar-refractivity contribution in [3.63, 3.8) is 0 Å². The number of aryl methyl sites for hydroxylation is 1. The van der Waals surface area contributed by atoms with Crippen molar-refractivity contribution >= 4 is 28.9 Å². The van der Waals surface area contributed by atoms with E-state index in [1.165, 1.54) is 6.08 Å². The first kappa shape index (κ1) is 20.1. The number of hydrogen-bond donors (Lipinski definition) is 2. The summed E-state index contributed by atoms with van der Waals surface area (Å²) in [6.07, 6.45) is 3.73. The van der Waals surface area contributed by atoms with Crippen LogP contribution < -0.4 is 15.6 Å². The molecule has 2 amide bonds. The van der Waals surface area contributed by atoms with E-state index in [0.29, 0.717) is 13.0 Å². The van der Waals surface area contributed by atoms with Crippen LogP contribution in [-0.4, -0.2) is 28.0 Å². The molecule has 0 saturated carbocycles. The Morgan fingerprint density at radius 3 is 2.55 bits per heavy atom. The number of hydrogen-bond acceptors (Lipinski definition) is 4. The molecule has 0 fully saturated rings. The average molecular weight is 392 g/mol. The number of aromatic nitrogens is 2. The van der Waals surface area contributed by atoms with Gasteiger partial charge in [0.05, 0.1) is 17.6 Å². The number of imidazole rings is 1. The van der Waals surface area contributed by atoms with Gasteiger partial charge in [0.15, 0.2) is 0 Å². The summed E-state index contributed by atoms with van der Waals surface area (Å²) in [7, 11) is 0. The number of amides is 2. The highest BCUT2D eigenvalue weighted by atomic mass is 16.5. The van der Waals surface area contributed by atoms with E-state index in [0.717, 1.165) is 28.2 Å². The predicted molar refractivity (Wildman–Crippen MR) is 112 cm³/mol. The number of rotatable bonds is 7. The van der Waals surface area contributed by atoms with E-state index in [4.69, 9.17) is 4.74 Å². The van der Waals surface area contributed by atoms with E-state index in [2.05, 4.69) is 15.8 Å². The Morgan fingerprint density at radius 1 is 1.07 bits per heavy atom. The third-order valence-electron chi connectivity index (χ3n) is 4.29. The van der Waals surface area contributed by atoms with E-state index in [1.54, 1.807) is 6.08 Å². The van der Waals surface area contributed by atoms with Crippen molar-refractivity contribution in [2.45, 2.75) is 26.8 Å². The second kappa shape index (κ2) is 9.54. The minimum atomic E-state index is -0.418. The van der Waals surface area contributed by atoms with Crippen molar-refractivity contribution in [3.8, 4) is 5.75 Å². The largest absolute Gasteiger partial charge is 0.494 e. The van der Waals surface area contributed by atoms with Gasteiger partial charge in [0.1, 0.15) is 18.1 Å². The van der Waals surface area contributed by atoms with Crippen LogP contribution in [-0.2, 0) is 22.6 Å². The van der Waals surface area contributed by atoms with Crippen LogP contribution >= 0.6 is 0 Å². The van der Waals surface area contributed by atoms with Crippen molar-refractivity contribution in [3.05, 3.63) is 66.0 Å². The van der Waals surface area contributed by atoms with Crippen molar-refractivity contribution < 1.29 is 14.3 Å². The van der Waals surface area contributed by atoms with Gasteiger partial charge in [-0.3, -0.25) is 20.4 Å². The number of hydrazine groups is 1. The number of carbonyl (C=O) groups excluding carboxylic acids is 2. The molecule has 29 heavy (non-hydrogen) atoms. The first-order chi connectivity index (χ1) is 14.1. The maximum absolute atomic E-state index is 12.3. The molecule has 0 spiro atoms. The van der Waals surface area contributed by atoms with Crippen LogP contribution in [0.3, 0.4) is 0 Å². The number of carbonyl (C=O) groups is 2. The second-order valence-electron chi connectivity index (χ2n) is 6.33. The van der Waals surface area contributed by atoms with Gasteiger partial charge in [0.25, 0.3) is 11.8 Å². The van der Waals surface area contributed by atoms with Gasteiger partial charge in [-0.05, 0) is 42.8 Å². The molecule has 3 aromatic rings. The molecule has 150 valence electrons. The first-order valence-corrected chi connectivity index (χ1v) is 9.54. The van der Waals surface area contributed by atoms with Crippen molar-refractivity contribution in [2.75, 3.05) is 6.61 Å². The molecule has 0 bridgehead atoms. The number of ether oxygens (including phenoxy) is 1. The van der Waals surface area contributed by atoms with Crippen molar-refractivity contribution in [1.82, 2.24) is 20.4 Å². The molecule has 2 aromatic carbocycles. The minimum absolute atomic E-state index is 0.0760. The second-order valence-corrected chi connectivity index (χ2v) is 6.33. The standard InChI is InChI=1S/C22H24N4O3/c1-3-20-23-18-7-5-6-8-19(18)26(20)15-22(28)25-24-21(27)14-11-16-9-12-17(13-10-16)29-4-2/h5-14H,3-4,15H2,1-2H3,(H,24,27)(H,25,28)/b14-11+. The van der Waals surface area contributed by atoms with Crippen LogP contribution in [0.2, 0.25) is 0 Å². The van der Waals surface area contributed by atoms with E-state index >= 15 is 0 Å². The zero-order chi connectivity index (χ0) is 20.6. The van der Waals surface area contributed by atoms with Gasteiger partial charge in [-0.2, -0.15) is 0 Å². The number of fused-ring (bicyclic) bond motifs is 1. The van der Waals surface area contributed by atoms with E-state index < -0.39 is 5.91 Å². The Hall–Kier alpha value is -3.61. The third-order valence-corrected chi connectivity index (χ3v) is 4.29. The number of benzene rings is 2. The highest BCUT2D eigenvalue weighted by molar-refractivity contribution is 5.93. The Kier molecular flexibility index (Phi) is 6.63. The maximum Gasteiger partial charge on any atom is 0.262 e.